The minimum atomic E-state index is -0.973. The summed E-state index contributed by atoms with van der Waals surface area (Å²) in [5.41, 5.74) is 8.94. The number of aromatic nitrogens is 4. The van der Waals surface area contributed by atoms with Crippen LogP contribution in [0.1, 0.15) is 33.6 Å². The minimum absolute atomic E-state index is 0.217. The number of fused-ring (bicyclic) bond motifs is 2. The summed E-state index contributed by atoms with van der Waals surface area (Å²) in [7, 11) is 4.02. The highest BCUT2D eigenvalue weighted by atomic mass is 16.4. The van der Waals surface area contributed by atoms with E-state index in [2.05, 4.69) is 59.2 Å². The van der Waals surface area contributed by atoms with Crippen LogP contribution < -0.4 is 4.90 Å². The van der Waals surface area contributed by atoms with Gasteiger partial charge in [0.05, 0.1) is 33.7 Å². The molecule has 7 heteroatoms. The Balaban J connectivity index is 1.57. The number of anilines is 1. The summed E-state index contributed by atoms with van der Waals surface area (Å²) in [6.45, 7) is 2.12. The first-order chi connectivity index (χ1) is 14.9. The molecule has 2 N–H and O–H groups in total. The van der Waals surface area contributed by atoms with Gasteiger partial charge in [-0.15, -0.1) is 0 Å². The van der Waals surface area contributed by atoms with Crippen LogP contribution in [0, 0.1) is 6.92 Å². The Morgan fingerprint density at radius 1 is 1.23 bits per heavy atom. The average Bonchev–Trinajstić information content (AvgIpc) is 3.32. The van der Waals surface area contributed by atoms with Crippen LogP contribution in [0.4, 0.5) is 5.69 Å². The highest BCUT2D eigenvalue weighted by Gasteiger charge is 2.24. The zero-order valence-electron chi connectivity index (χ0n) is 17.7. The van der Waals surface area contributed by atoms with Crippen molar-refractivity contribution >= 4 is 28.8 Å². The van der Waals surface area contributed by atoms with E-state index in [-0.39, 0.29) is 5.56 Å². The van der Waals surface area contributed by atoms with E-state index in [1.54, 1.807) is 0 Å². The number of allylic oxidation sites excluding steroid dienone is 1. The average molecular weight is 413 g/mol. The topological polar surface area (TPSA) is 87.0 Å². The molecule has 0 unspecified atom stereocenters. The quantitative estimate of drug-likeness (QED) is 0.518. The number of hydrogen-bond donors (Lipinski definition) is 2. The molecule has 1 aliphatic rings. The van der Waals surface area contributed by atoms with Crippen molar-refractivity contribution in [1.82, 2.24) is 19.7 Å². The van der Waals surface area contributed by atoms with Crippen LogP contribution in [0.15, 0.2) is 48.3 Å². The fourth-order valence-electron chi connectivity index (χ4n) is 4.46. The number of benzene rings is 1. The van der Waals surface area contributed by atoms with Crippen molar-refractivity contribution in [3.8, 4) is 11.4 Å². The fourth-order valence-corrected chi connectivity index (χ4v) is 4.46. The Hall–Kier alpha value is -3.87. The molecule has 0 aliphatic heterocycles. The first-order valence-corrected chi connectivity index (χ1v) is 10.2. The lowest BCUT2D eigenvalue weighted by Crippen LogP contribution is -2.19. The highest BCUT2D eigenvalue weighted by Crippen LogP contribution is 2.35. The molecule has 4 aromatic rings. The molecular formula is C24H23N5O2. The Bertz CT molecular complexity index is 1360. The van der Waals surface area contributed by atoms with Gasteiger partial charge in [-0.3, -0.25) is 9.67 Å². The molecule has 5 rings (SSSR count). The van der Waals surface area contributed by atoms with Crippen LogP contribution in [-0.2, 0) is 13.5 Å². The van der Waals surface area contributed by atoms with Gasteiger partial charge >= 0.3 is 5.97 Å². The normalized spacial score (nSPS) is 13.2. The third-order valence-electron chi connectivity index (χ3n) is 6.03. The van der Waals surface area contributed by atoms with Gasteiger partial charge in [-0.25, -0.2) is 4.79 Å². The van der Waals surface area contributed by atoms with E-state index in [9.17, 15) is 9.90 Å². The van der Waals surface area contributed by atoms with Gasteiger partial charge in [0.25, 0.3) is 0 Å². The molecule has 1 aromatic carbocycles. The van der Waals surface area contributed by atoms with Crippen LogP contribution in [0.25, 0.3) is 28.5 Å². The second-order valence-corrected chi connectivity index (χ2v) is 7.92. The molecule has 3 aromatic heterocycles. The largest absolute Gasteiger partial charge is 0.478 e. The number of rotatable bonds is 4. The first kappa shape index (κ1) is 19.1. The van der Waals surface area contributed by atoms with E-state index in [1.165, 1.54) is 29.2 Å². The summed E-state index contributed by atoms with van der Waals surface area (Å²) in [4.78, 5) is 21.4. The summed E-state index contributed by atoms with van der Waals surface area (Å²) in [6.07, 6.45) is 5.43. The van der Waals surface area contributed by atoms with E-state index < -0.39 is 5.97 Å². The number of aromatic carboxylic acids is 1. The molecule has 0 fully saturated rings. The van der Waals surface area contributed by atoms with Gasteiger partial charge in [0.1, 0.15) is 0 Å². The second-order valence-electron chi connectivity index (χ2n) is 7.92. The number of H-pyrrole nitrogens is 1. The molecule has 156 valence electrons. The van der Waals surface area contributed by atoms with Gasteiger partial charge in [0.15, 0.2) is 0 Å². The molecule has 31 heavy (non-hydrogen) atoms. The van der Waals surface area contributed by atoms with Crippen molar-refractivity contribution in [3.63, 3.8) is 0 Å². The van der Waals surface area contributed by atoms with E-state index in [0.29, 0.717) is 11.0 Å². The predicted molar refractivity (Wildman–Crippen MR) is 121 cm³/mol. The lowest BCUT2D eigenvalue weighted by Gasteiger charge is -2.26. The summed E-state index contributed by atoms with van der Waals surface area (Å²) >= 11 is 0. The number of aryl methyl sites for hydroxylation is 2. The summed E-state index contributed by atoms with van der Waals surface area (Å²) in [5, 5.41) is 14.2. The molecule has 3 heterocycles. The van der Waals surface area contributed by atoms with E-state index >= 15 is 0 Å². The number of nitrogens with one attached hydrogen (secondary N) is 1. The summed E-state index contributed by atoms with van der Waals surface area (Å²) < 4.78 is 1.86. The SMILES string of the molecule is Cc1ccccc1N(C)C1=Cc2nn(C)c(-c3cc4nccc(C(=O)O)c4[nH]3)c2CC1. The van der Waals surface area contributed by atoms with Gasteiger partial charge in [-0.05, 0) is 49.6 Å². The number of aromatic amines is 1. The summed E-state index contributed by atoms with van der Waals surface area (Å²) in [6, 6.07) is 11.8. The van der Waals surface area contributed by atoms with Crippen LogP contribution in [0.3, 0.4) is 0 Å². The number of nitrogens with zero attached hydrogens (tertiary/aromatic N) is 4. The Morgan fingerprint density at radius 2 is 2.03 bits per heavy atom. The van der Waals surface area contributed by atoms with Crippen molar-refractivity contribution in [3.05, 3.63) is 70.7 Å². The molecule has 0 atom stereocenters. The van der Waals surface area contributed by atoms with Gasteiger partial charge < -0.3 is 15.0 Å². The Morgan fingerprint density at radius 3 is 2.81 bits per heavy atom. The fraction of sp³-hybridized carbons (Fsp3) is 0.208. The maximum absolute atomic E-state index is 11.6. The van der Waals surface area contributed by atoms with Crippen LogP contribution >= 0.6 is 0 Å². The van der Waals surface area contributed by atoms with E-state index in [1.807, 2.05) is 17.8 Å². The van der Waals surface area contributed by atoms with Gasteiger partial charge in [-0.1, -0.05) is 18.2 Å². The third-order valence-corrected chi connectivity index (χ3v) is 6.03. The van der Waals surface area contributed by atoms with Crippen molar-refractivity contribution in [2.75, 3.05) is 11.9 Å². The molecular weight excluding hydrogens is 390 g/mol. The van der Waals surface area contributed by atoms with Crippen molar-refractivity contribution in [2.24, 2.45) is 7.05 Å². The Kier molecular flexibility index (Phi) is 4.39. The summed E-state index contributed by atoms with van der Waals surface area (Å²) in [5.74, 6) is -0.973. The van der Waals surface area contributed by atoms with Crippen molar-refractivity contribution in [1.29, 1.82) is 0 Å². The zero-order chi connectivity index (χ0) is 21.7. The number of pyridine rings is 1. The maximum Gasteiger partial charge on any atom is 0.337 e. The molecule has 0 spiro atoms. The van der Waals surface area contributed by atoms with Gasteiger partial charge in [-0.2, -0.15) is 5.10 Å². The Labute approximate surface area is 179 Å². The van der Waals surface area contributed by atoms with E-state index in [0.717, 1.165) is 35.5 Å². The van der Waals surface area contributed by atoms with Gasteiger partial charge in [0, 0.05) is 37.2 Å². The lowest BCUT2D eigenvalue weighted by atomic mass is 9.97. The molecule has 0 amide bonds. The molecule has 0 saturated carbocycles. The molecule has 1 aliphatic carbocycles. The number of carboxylic acids is 1. The number of carbonyl (C=O) groups is 1. The molecule has 0 bridgehead atoms. The highest BCUT2D eigenvalue weighted by molar-refractivity contribution is 6.02. The maximum atomic E-state index is 11.6. The van der Waals surface area contributed by atoms with Crippen LogP contribution in [0.5, 0.6) is 0 Å². The molecule has 0 saturated heterocycles. The number of para-hydroxylation sites is 1. The number of hydrogen-bond acceptors (Lipinski definition) is 4. The molecule has 0 radical (unpaired) electrons. The third kappa shape index (κ3) is 3.09. The lowest BCUT2D eigenvalue weighted by molar-refractivity contribution is 0.0698. The minimum Gasteiger partial charge on any atom is -0.478 e. The second kappa shape index (κ2) is 7.12. The van der Waals surface area contributed by atoms with Crippen molar-refractivity contribution in [2.45, 2.75) is 19.8 Å². The standard InChI is InChI=1S/C24H23N5O2/c1-14-6-4-5-7-21(14)28(2)15-8-9-16-18(12-15)27-29(3)23(16)20-13-19-22(26-20)17(24(30)31)10-11-25-19/h4-7,10-13,26H,8-9H2,1-3H3,(H,30,31). The predicted octanol–water partition coefficient (Wildman–Crippen LogP) is 4.39. The smallest absolute Gasteiger partial charge is 0.337 e. The van der Waals surface area contributed by atoms with Crippen LogP contribution in [-0.4, -0.2) is 37.9 Å². The monoisotopic (exact) mass is 413 g/mol. The van der Waals surface area contributed by atoms with Crippen LogP contribution in [0.2, 0.25) is 0 Å². The number of carboxylic acid groups (broad SMARTS) is 1. The van der Waals surface area contributed by atoms with Crippen molar-refractivity contribution < 1.29 is 9.90 Å². The zero-order valence-corrected chi connectivity index (χ0v) is 17.7. The van der Waals surface area contributed by atoms with E-state index in [4.69, 9.17) is 5.10 Å². The first-order valence-electron chi connectivity index (χ1n) is 10.2. The van der Waals surface area contributed by atoms with Gasteiger partial charge in [0.2, 0.25) is 0 Å². The molecule has 7 nitrogen and oxygen atoms in total.